The number of thiazole rings is 1. The third kappa shape index (κ3) is 5.62. The second-order valence-corrected chi connectivity index (χ2v) is 5.86. The molecule has 20 heavy (non-hydrogen) atoms. The van der Waals surface area contributed by atoms with E-state index in [1.165, 1.54) is 0 Å². The van der Waals surface area contributed by atoms with Gasteiger partial charge < -0.3 is 24.6 Å². The van der Waals surface area contributed by atoms with Crippen LogP contribution >= 0.6 is 11.3 Å². The van der Waals surface area contributed by atoms with Gasteiger partial charge in [0.25, 0.3) is 0 Å². The van der Waals surface area contributed by atoms with Gasteiger partial charge in [0.2, 0.25) is 5.88 Å². The zero-order chi connectivity index (χ0) is 15.0. The van der Waals surface area contributed by atoms with Crippen molar-refractivity contribution in [2.45, 2.75) is 6.54 Å². The van der Waals surface area contributed by atoms with Crippen LogP contribution in [0.3, 0.4) is 0 Å². The molecule has 0 saturated carbocycles. The van der Waals surface area contributed by atoms with Gasteiger partial charge in [-0.25, -0.2) is 0 Å². The molecule has 1 aromatic heterocycles. The van der Waals surface area contributed by atoms with Gasteiger partial charge in [0.05, 0.1) is 18.6 Å². The Kier molecular flexibility index (Phi) is 7.83. The third-order valence-electron chi connectivity index (χ3n) is 2.86. The molecule has 0 unspecified atom stereocenters. The van der Waals surface area contributed by atoms with E-state index >= 15 is 0 Å². The van der Waals surface area contributed by atoms with Crippen molar-refractivity contribution in [1.82, 2.24) is 15.2 Å². The van der Waals surface area contributed by atoms with E-state index in [0.29, 0.717) is 0 Å². The molecule has 0 aliphatic rings. The number of anilines is 1. The van der Waals surface area contributed by atoms with Gasteiger partial charge in [0.15, 0.2) is 5.13 Å². The largest absolute Gasteiger partial charge is 0.480 e. The van der Waals surface area contributed by atoms with Crippen molar-refractivity contribution in [2.24, 2.45) is 0 Å². The van der Waals surface area contributed by atoms with Crippen LogP contribution < -0.4 is 15.0 Å². The zero-order valence-corrected chi connectivity index (χ0v) is 13.9. The fraction of sp³-hybridized carbons (Fsp3) is 0.769. The van der Waals surface area contributed by atoms with E-state index < -0.39 is 0 Å². The summed E-state index contributed by atoms with van der Waals surface area (Å²) in [4.78, 5) is 9.81. The van der Waals surface area contributed by atoms with Crippen LogP contribution in [0.15, 0.2) is 0 Å². The third-order valence-corrected chi connectivity index (χ3v) is 4.06. The Morgan fingerprint density at radius 1 is 1.20 bits per heavy atom. The molecule has 0 radical (unpaired) electrons. The van der Waals surface area contributed by atoms with Crippen LogP contribution in [-0.2, 0) is 11.3 Å². The van der Waals surface area contributed by atoms with Crippen LogP contribution in [0, 0.1) is 0 Å². The Bertz CT molecular complexity index is 384. The molecule has 1 heterocycles. The maximum Gasteiger partial charge on any atom is 0.230 e. The molecule has 0 fully saturated rings. The summed E-state index contributed by atoms with van der Waals surface area (Å²) in [6, 6.07) is 0. The SMILES string of the molecule is COCCN(C)CCNCc1sc(N(C)C)nc1OC. The normalized spacial score (nSPS) is 11.1. The van der Waals surface area contributed by atoms with E-state index in [1.807, 2.05) is 19.0 Å². The summed E-state index contributed by atoms with van der Waals surface area (Å²) < 4.78 is 10.4. The topological polar surface area (TPSA) is 49.9 Å². The Hall–Kier alpha value is -0.890. The highest BCUT2D eigenvalue weighted by Crippen LogP contribution is 2.29. The first kappa shape index (κ1) is 17.2. The minimum atomic E-state index is 0.721. The van der Waals surface area contributed by atoms with Crippen molar-refractivity contribution < 1.29 is 9.47 Å². The average molecular weight is 302 g/mol. The summed E-state index contributed by atoms with van der Waals surface area (Å²) in [6.45, 7) is 4.43. The maximum atomic E-state index is 5.31. The summed E-state index contributed by atoms with van der Waals surface area (Å²) in [6.07, 6.45) is 0. The Morgan fingerprint density at radius 2 is 1.95 bits per heavy atom. The molecule has 0 bridgehead atoms. The van der Waals surface area contributed by atoms with Crippen molar-refractivity contribution in [3.8, 4) is 5.88 Å². The highest BCUT2D eigenvalue weighted by atomic mass is 32.1. The summed E-state index contributed by atoms with van der Waals surface area (Å²) in [5, 5.41) is 4.39. The lowest BCUT2D eigenvalue weighted by Gasteiger charge is -2.15. The predicted octanol–water partition coefficient (Wildman–Crippen LogP) is 0.886. The number of nitrogens with zero attached hydrogens (tertiary/aromatic N) is 3. The van der Waals surface area contributed by atoms with Gasteiger partial charge in [0, 0.05) is 47.4 Å². The molecule has 0 atom stereocenters. The van der Waals surface area contributed by atoms with Gasteiger partial charge in [0.1, 0.15) is 0 Å². The lowest BCUT2D eigenvalue weighted by molar-refractivity contribution is 0.161. The lowest BCUT2D eigenvalue weighted by Crippen LogP contribution is -2.31. The van der Waals surface area contributed by atoms with Gasteiger partial charge in [-0.2, -0.15) is 4.98 Å². The first-order valence-corrected chi connectivity index (χ1v) is 7.49. The molecule has 6 nitrogen and oxygen atoms in total. The number of rotatable bonds is 10. The van der Waals surface area contributed by atoms with Crippen LogP contribution in [0.4, 0.5) is 5.13 Å². The highest BCUT2D eigenvalue weighted by molar-refractivity contribution is 7.15. The minimum absolute atomic E-state index is 0.721. The Morgan fingerprint density at radius 3 is 2.55 bits per heavy atom. The molecular weight excluding hydrogens is 276 g/mol. The second-order valence-electron chi connectivity index (χ2n) is 4.80. The molecule has 0 aliphatic heterocycles. The number of ether oxygens (including phenoxy) is 2. The van der Waals surface area contributed by atoms with Gasteiger partial charge >= 0.3 is 0 Å². The number of hydrogen-bond acceptors (Lipinski definition) is 7. The molecular formula is C13H26N4O2S. The molecule has 1 rings (SSSR count). The van der Waals surface area contributed by atoms with Gasteiger partial charge in [-0.05, 0) is 7.05 Å². The first-order valence-electron chi connectivity index (χ1n) is 6.67. The number of nitrogens with one attached hydrogen (secondary N) is 1. The van der Waals surface area contributed by atoms with E-state index in [-0.39, 0.29) is 0 Å². The molecule has 1 N–H and O–H groups in total. The van der Waals surface area contributed by atoms with Crippen LogP contribution in [-0.4, -0.2) is 71.5 Å². The summed E-state index contributed by atoms with van der Waals surface area (Å²) >= 11 is 1.66. The second kappa shape index (κ2) is 9.12. The van der Waals surface area contributed by atoms with E-state index in [9.17, 15) is 0 Å². The summed E-state index contributed by atoms with van der Waals surface area (Å²) in [7, 11) is 9.46. The summed E-state index contributed by atoms with van der Waals surface area (Å²) in [5.74, 6) is 0.721. The quantitative estimate of drug-likeness (QED) is 0.648. The number of methoxy groups -OCH3 is 2. The standard InChI is InChI=1S/C13H26N4O2S/c1-16(2)13-15-12(19-5)11(20-13)10-14-6-7-17(3)8-9-18-4/h14H,6-10H2,1-5H3. The van der Waals surface area contributed by atoms with E-state index in [0.717, 1.165) is 48.7 Å². The van der Waals surface area contributed by atoms with Crippen molar-refractivity contribution in [3.05, 3.63) is 4.88 Å². The first-order chi connectivity index (χ1) is 9.58. The fourth-order valence-corrected chi connectivity index (χ4v) is 2.54. The Labute approximate surface area is 125 Å². The van der Waals surface area contributed by atoms with E-state index in [2.05, 4.69) is 22.2 Å². The molecule has 7 heteroatoms. The van der Waals surface area contributed by atoms with Gasteiger partial charge in [-0.15, -0.1) is 0 Å². The van der Waals surface area contributed by atoms with E-state index in [1.54, 1.807) is 25.6 Å². The monoisotopic (exact) mass is 302 g/mol. The zero-order valence-electron chi connectivity index (χ0n) is 13.1. The van der Waals surface area contributed by atoms with Crippen molar-refractivity contribution >= 4 is 16.5 Å². The van der Waals surface area contributed by atoms with Crippen molar-refractivity contribution in [2.75, 3.05) is 66.5 Å². The van der Waals surface area contributed by atoms with E-state index in [4.69, 9.17) is 9.47 Å². The highest BCUT2D eigenvalue weighted by Gasteiger charge is 2.12. The fourth-order valence-electron chi connectivity index (χ4n) is 1.62. The number of likely N-dealkylation sites (N-methyl/N-ethyl adjacent to an activating group) is 1. The minimum Gasteiger partial charge on any atom is -0.480 e. The van der Waals surface area contributed by atoms with Crippen LogP contribution in [0.2, 0.25) is 0 Å². The molecule has 0 saturated heterocycles. The van der Waals surface area contributed by atoms with Gasteiger partial charge in [-0.1, -0.05) is 11.3 Å². The molecule has 0 aliphatic carbocycles. The van der Waals surface area contributed by atoms with Crippen LogP contribution in [0.5, 0.6) is 5.88 Å². The van der Waals surface area contributed by atoms with Crippen molar-refractivity contribution in [3.63, 3.8) is 0 Å². The molecule has 1 aromatic rings. The predicted molar refractivity (Wildman–Crippen MR) is 84.1 cm³/mol. The molecule has 0 aromatic carbocycles. The smallest absolute Gasteiger partial charge is 0.230 e. The van der Waals surface area contributed by atoms with Crippen molar-refractivity contribution in [1.29, 1.82) is 0 Å². The number of aromatic nitrogens is 1. The Balaban J connectivity index is 2.34. The molecule has 116 valence electrons. The molecule has 0 spiro atoms. The van der Waals surface area contributed by atoms with Crippen LogP contribution in [0.25, 0.3) is 0 Å². The van der Waals surface area contributed by atoms with Gasteiger partial charge in [-0.3, -0.25) is 0 Å². The number of hydrogen-bond donors (Lipinski definition) is 1. The lowest BCUT2D eigenvalue weighted by atomic mass is 10.4. The average Bonchev–Trinajstić information content (AvgIpc) is 2.84. The maximum absolute atomic E-state index is 5.31. The molecule has 0 amide bonds. The van der Waals surface area contributed by atoms with Crippen LogP contribution in [0.1, 0.15) is 4.88 Å². The summed E-state index contributed by atoms with van der Waals surface area (Å²) in [5.41, 5.74) is 0.